The number of nitrogens with zero attached hydrogens (tertiary/aromatic N) is 1. The number of hydrogen-bond donors (Lipinski definition) is 0. The van der Waals surface area contributed by atoms with Gasteiger partial charge in [0.15, 0.2) is 11.5 Å². The zero-order chi connectivity index (χ0) is 9.84. The van der Waals surface area contributed by atoms with Crippen LogP contribution in [0.15, 0.2) is 16.6 Å². The first-order chi connectivity index (χ1) is 6.24. The minimum absolute atomic E-state index is 0.526. The van der Waals surface area contributed by atoms with Crippen LogP contribution in [-0.2, 0) is 0 Å². The van der Waals surface area contributed by atoms with Crippen molar-refractivity contribution in [3.05, 3.63) is 22.2 Å². The van der Waals surface area contributed by atoms with Gasteiger partial charge in [0.05, 0.1) is 24.3 Å². The molecule has 0 saturated heterocycles. The first-order valence-electron chi connectivity index (χ1n) is 3.55. The second-order valence-corrected chi connectivity index (χ2v) is 3.07. The lowest BCUT2D eigenvalue weighted by atomic mass is 10.2. The number of halogens is 1. The van der Waals surface area contributed by atoms with E-state index in [2.05, 4.69) is 15.9 Å². The van der Waals surface area contributed by atoms with Crippen LogP contribution >= 0.6 is 15.9 Å². The van der Waals surface area contributed by atoms with Gasteiger partial charge in [0.2, 0.25) is 0 Å². The molecule has 0 aliphatic heterocycles. The highest BCUT2D eigenvalue weighted by molar-refractivity contribution is 9.10. The Balaban J connectivity index is 3.34. The van der Waals surface area contributed by atoms with Crippen molar-refractivity contribution in [2.45, 2.75) is 0 Å². The molecule has 1 aromatic rings. The molecule has 0 saturated carbocycles. The van der Waals surface area contributed by atoms with Crippen molar-refractivity contribution >= 4 is 15.9 Å². The van der Waals surface area contributed by atoms with Crippen LogP contribution in [0.3, 0.4) is 0 Å². The first-order valence-corrected chi connectivity index (χ1v) is 4.34. The Bertz CT molecular complexity index is 357. The molecule has 0 unspecified atom stereocenters. The lowest BCUT2D eigenvalue weighted by Gasteiger charge is -2.09. The highest BCUT2D eigenvalue weighted by atomic mass is 79.9. The zero-order valence-electron chi connectivity index (χ0n) is 7.30. The van der Waals surface area contributed by atoms with Crippen LogP contribution in [0.5, 0.6) is 11.5 Å². The van der Waals surface area contributed by atoms with Gasteiger partial charge in [-0.3, -0.25) is 0 Å². The van der Waals surface area contributed by atoms with Crippen LogP contribution in [0, 0.1) is 11.3 Å². The molecule has 3 nitrogen and oxygen atoms in total. The van der Waals surface area contributed by atoms with E-state index < -0.39 is 0 Å². The average molecular weight is 242 g/mol. The molecule has 68 valence electrons. The number of benzene rings is 1. The molecular weight excluding hydrogens is 234 g/mol. The van der Waals surface area contributed by atoms with Crippen molar-refractivity contribution < 1.29 is 9.47 Å². The molecule has 0 amide bonds. The molecule has 1 aromatic carbocycles. The summed E-state index contributed by atoms with van der Waals surface area (Å²) < 4.78 is 10.8. The Hall–Kier alpha value is -1.21. The molecule has 13 heavy (non-hydrogen) atoms. The Labute approximate surface area is 85.0 Å². The summed E-state index contributed by atoms with van der Waals surface area (Å²) >= 11 is 3.27. The number of nitriles is 1. The predicted octanol–water partition coefficient (Wildman–Crippen LogP) is 2.34. The fourth-order valence-electron chi connectivity index (χ4n) is 0.976. The summed E-state index contributed by atoms with van der Waals surface area (Å²) in [5, 5.41) is 8.73. The van der Waals surface area contributed by atoms with Crippen molar-refractivity contribution in [3.8, 4) is 17.6 Å². The van der Waals surface area contributed by atoms with Gasteiger partial charge in [-0.25, -0.2) is 0 Å². The van der Waals surface area contributed by atoms with Gasteiger partial charge in [-0.1, -0.05) is 0 Å². The van der Waals surface area contributed by atoms with Gasteiger partial charge >= 0.3 is 0 Å². The Kier molecular flexibility index (Phi) is 3.15. The van der Waals surface area contributed by atoms with Crippen molar-refractivity contribution in [3.63, 3.8) is 0 Å². The molecule has 0 radical (unpaired) electrons. The SMILES string of the molecule is COc1ccc(C#N)c(Br)c1OC. The van der Waals surface area contributed by atoms with Crippen molar-refractivity contribution in [2.24, 2.45) is 0 Å². The molecule has 0 atom stereocenters. The van der Waals surface area contributed by atoms with Crippen LogP contribution in [0.2, 0.25) is 0 Å². The molecule has 0 N–H and O–H groups in total. The second-order valence-electron chi connectivity index (χ2n) is 2.27. The van der Waals surface area contributed by atoms with E-state index in [0.717, 1.165) is 0 Å². The van der Waals surface area contributed by atoms with E-state index >= 15 is 0 Å². The van der Waals surface area contributed by atoms with E-state index in [9.17, 15) is 0 Å². The predicted molar refractivity (Wildman–Crippen MR) is 52.0 cm³/mol. The number of hydrogen-bond acceptors (Lipinski definition) is 3. The normalized spacial score (nSPS) is 9.08. The summed E-state index contributed by atoms with van der Waals surface area (Å²) in [6.07, 6.45) is 0. The second kappa shape index (κ2) is 4.15. The quantitative estimate of drug-likeness (QED) is 0.799. The number of ether oxygens (including phenoxy) is 2. The summed E-state index contributed by atoms with van der Waals surface area (Å²) in [6, 6.07) is 5.41. The molecule has 0 heterocycles. The molecular formula is C9H8BrNO2. The standard InChI is InChI=1S/C9H8BrNO2/c1-12-7-4-3-6(5-11)8(10)9(7)13-2/h3-4H,1-2H3. The third-order valence-corrected chi connectivity index (χ3v) is 2.39. The summed E-state index contributed by atoms with van der Waals surface area (Å²) in [6.45, 7) is 0. The molecule has 0 bridgehead atoms. The Morgan fingerprint density at radius 1 is 1.31 bits per heavy atom. The van der Waals surface area contributed by atoms with E-state index in [0.29, 0.717) is 21.5 Å². The van der Waals surface area contributed by atoms with Gasteiger partial charge < -0.3 is 9.47 Å². The Morgan fingerprint density at radius 2 is 2.00 bits per heavy atom. The van der Waals surface area contributed by atoms with Crippen LogP contribution in [-0.4, -0.2) is 14.2 Å². The van der Waals surface area contributed by atoms with Crippen molar-refractivity contribution in [1.29, 1.82) is 5.26 Å². The van der Waals surface area contributed by atoms with Gasteiger partial charge in [-0.15, -0.1) is 0 Å². The highest BCUT2D eigenvalue weighted by Crippen LogP contribution is 2.36. The lowest BCUT2D eigenvalue weighted by Crippen LogP contribution is -1.92. The molecule has 0 aliphatic carbocycles. The molecule has 0 spiro atoms. The minimum atomic E-state index is 0.526. The fourth-order valence-corrected chi connectivity index (χ4v) is 1.55. The van der Waals surface area contributed by atoms with Gasteiger partial charge in [0.1, 0.15) is 6.07 Å². The zero-order valence-corrected chi connectivity index (χ0v) is 8.88. The monoisotopic (exact) mass is 241 g/mol. The largest absolute Gasteiger partial charge is 0.493 e. The van der Waals surface area contributed by atoms with E-state index in [4.69, 9.17) is 14.7 Å². The topological polar surface area (TPSA) is 42.2 Å². The third-order valence-electron chi connectivity index (χ3n) is 1.61. The summed E-state index contributed by atoms with van der Waals surface area (Å²) in [7, 11) is 3.08. The molecule has 0 fully saturated rings. The maximum atomic E-state index is 8.73. The summed E-state index contributed by atoms with van der Waals surface area (Å²) in [4.78, 5) is 0. The van der Waals surface area contributed by atoms with Gasteiger partial charge in [0.25, 0.3) is 0 Å². The molecule has 0 aromatic heterocycles. The number of methoxy groups -OCH3 is 2. The summed E-state index contributed by atoms with van der Waals surface area (Å²) in [5.74, 6) is 1.15. The average Bonchev–Trinajstić information content (AvgIpc) is 2.17. The van der Waals surface area contributed by atoms with Gasteiger partial charge in [-0.05, 0) is 28.1 Å². The fraction of sp³-hybridized carbons (Fsp3) is 0.222. The molecule has 4 heteroatoms. The Morgan fingerprint density at radius 3 is 2.46 bits per heavy atom. The van der Waals surface area contributed by atoms with Gasteiger partial charge in [0, 0.05) is 0 Å². The van der Waals surface area contributed by atoms with Crippen LogP contribution in [0.1, 0.15) is 5.56 Å². The van der Waals surface area contributed by atoms with Crippen LogP contribution in [0.4, 0.5) is 0 Å². The smallest absolute Gasteiger partial charge is 0.176 e. The highest BCUT2D eigenvalue weighted by Gasteiger charge is 2.11. The maximum absolute atomic E-state index is 8.73. The lowest BCUT2D eigenvalue weighted by molar-refractivity contribution is 0.353. The minimum Gasteiger partial charge on any atom is -0.493 e. The molecule has 0 aliphatic rings. The number of rotatable bonds is 2. The van der Waals surface area contributed by atoms with E-state index in [1.165, 1.54) is 7.11 Å². The van der Waals surface area contributed by atoms with E-state index in [-0.39, 0.29) is 0 Å². The van der Waals surface area contributed by atoms with Crippen LogP contribution in [0.25, 0.3) is 0 Å². The van der Waals surface area contributed by atoms with Crippen molar-refractivity contribution in [1.82, 2.24) is 0 Å². The van der Waals surface area contributed by atoms with Crippen molar-refractivity contribution in [2.75, 3.05) is 14.2 Å². The molecule has 1 rings (SSSR count). The third kappa shape index (κ3) is 1.76. The van der Waals surface area contributed by atoms with Gasteiger partial charge in [-0.2, -0.15) is 5.26 Å². The maximum Gasteiger partial charge on any atom is 0.176 e. The van der Waals surface area contributed by atoms with E-state index in [1.807, 2.05) is 6.07 Å². The van der Waals surface area contributed by atoms with Crippen LogP contribution < -0.4 is 9.47 Å². The summed E-state index contributed by atoms with van der Waals surface area (Å²) in [5.41, 5.74) is 0.526. The van der Waals surface area contributed by atoms with E-state index in [1.54, 1.807) is 19.2 Å². The first kappa shape index (κ1) is 9.87.